The van der Waals surface area contributed by atoms with E-state index in [0.717, 1.165) is 0 Å². The summed E-state index contributed by atoms with van der Waals surface area (Å²) in [5.74, 6) is -1.54. The summed E-state index contributed by atoms with van der Waals surface area (Å²) in [5.41, 5.74) is 4.48. The Morgan fingerprint density at radius 2 is 1.62 bits per heavy atom. The van der Waals surface area contributed by atoms with Crippen molar-refractivity contribution in [1.82, 2.24) is 5.43 Å². The molecular weight excluding hydrogens is 393 g/mol. The van der Waals surface area contributed by atoms with Crippen LogP contribution in [0.2, 0.25) is 5.02 Å². The topological polar surface area (TPSA) is 70.6 Å². The monoisotopic (exact) mass is 409 g/mol. The molecule has 3 rings (SSSR count). The summed E-state index contributed by atoms with van der Waals surface area (Å²) >= 11 is 5.84. The molecule has 29 heavy (non-hydrogen) atoms. The van der Waals surface area contributed by atoms with Gasteiger partial charge in [-0.25, -0.2) is 9.82 Å². The predicted molar refractivity (Wildman–Crippen MR) is 112 cm³/mol. The Morgan fingerprint density at radius 1 is 0.897 bits per heavy atom. The lowest BCUT2D eigenvalue weighted by molar-refractivity contribution is 0.0950. The maximum atomic E-state index is 13.7. The fraction of sp³-hybridized carbons (Fsp3) is 0.0455. The molecule has 5 nitrogen and oxygen atoms in total. The van der Waals surface area contributed by atoms with Crippen molar-refractivity contribution in [3.63, 3.8) is 0 Å². The van der Waals surface area contributed by atoms with Gasteiger partial charge in [-0.1, -0.05) is 35.9 Å². The normalized spacial score (nSPS) is 11.1. The van der Waals surface area contributed by atoms with Gasteiger partial charge in [0.1, 0.15) is 5.82 Å². The van der Waals surface area contributed by atoms with E-state index in [1.165, 1.54) is 18.2 Å². The SMILES string of the molecule is CC(=NNC(=O)c1ccccc1F)c1cccc(NC(=O)c2ccc(Cl)cc2)c1. The fourth-order valence-electron chi connectivity index (χ4n) is 2.53. The molecule has 0 aliphatic carbocycles. The van der Waals surface area contributed by atoms with Crippen molar-refractivity contribution in [2.45, 2.75) is 6.92 Å². The third kappa shape index (κ3) is 5.27. The van der Waals surface area contributed by atoms with Crippen molar-refractivity contribution in [2.24, 2.45) is 5.10 Å². The smallest absolute Gasteiger partial charge is 0.274 e. The van der Waals surface area contributed by atoms with Crippen molar-refractivity contribution in [3.8, 4) is 0 Å². The van der Waals surface area contributed by atoms with Gasteiger partial charge >= 0.3 is 0 Å². The molecule has 146 valence electrons. The Hall–Kier alpha value is -3.51. The zero-order chi connectivity index (χ0) is 20.8. The van der Waals surface area contributed by atoms with E-state index >= 15 is 0 Å². The van der Waals surface area contributed by atoms with E-state index in [-0.39, 0.29) is 11.5 Å². The first-order chi connectivity index (χ1) is 13.9. The zero-order valence-corrected chi connectivity index (χ0v) is 16.2. The molecule has 3 aromatic carbocycles. The molecule has 0 unspecified atom stereocenters. The molecule has 0 aliphatic rings. The van der Waals surface area contributed by atoms with Crippen LogP contribution in [0.5, 0.6) is 0 Å². The highest BCUT2D eigenvalue weighted by molar-refractivity contribution is 6.30. The van der Waals surface area contributed by atoms with Gasteiger partial charge in [0, 0.05) is 16.3 Å². The van der Waals surface area contributed by atoms with Crippen molar-refractivity contribution in [3.05, 3.63) is 100 Å². The molecule has 0 atom stereocenters. The van der Waals surface area contributed by atoms with Crippen LogP contribution in [0, 0.1) is 5.82 Å². The Morgan fingerprint density at radius 3 is 2.34 bits per heavy atom. The first-order valence-corrected chi connectivity index (χ1v) is 9.08. The van der Waals surface area contributed by atoms with Crippen LogP contribution in [-0.4, -0.2) is 17.5 Å². The molecule has 0 heterocycles. The number of hydrogen-bond acceptors (Lipinski definition) is 3. The van der Waals surface area contributed by atoms with Gasteiger partial charge in [0.05, 0.1) is 11.3 Å². The highest BCUT2D eigenvalue weighted by Gasteiger charge is 2.11. The van der Waals surface area contributed by atoms with Crippen LogP contribution in [0.15, 0.2) is 77.9 Å². The highest BCUT2D eigenvalue weighted by atomic mass is 35.5. The number of benzene rings is 3. The molecule has 3 aromatic rings. The Kier molecular flexibility index (Phi) is 6.36. The van der Waals surface area contributed by atoms with Crippen molar-refractivity contribution < 1.29 is 14.0 Å². The molecule has 0 saturated carbocycles. The van der Waals surface area contributed by atoms with Crippen LogP contribution >= 0.6 is 11.6 Å². The summed E-state index contributed by atoms with van der Waals surface area (Å²) in [6.45, 7) is 1.70. The first kappa shape index (κ1) is 20.2. The second kappa shape index (κ2) is 9.12. The minimum absolute atomic E-state index is 0.0898. The number of nitrogens with zero attached hydrogens (tertiary/aromatic N) is 1. The van der Waals surface area contributed by atoms with E-state index in [2.05, 4.69) is 15.8 Å². The largest absolute Gasteiger partial charge is 0.322 e. The number of carbonyl (C=O) groups is 2. The van der Waals surface area contributed by atoms with Gasteiger partial charge in [0.25, 0.3) is 11.8 Å². The predicted octanol–water partition coefficient (Wildman–Crippen LogP) is 4.89. The second-order valence-corrected chi connectivity index (χ2v) is 6.60. The average molecular weight is 410 g/mol. The Bertz CT molecular complexity index is 1080. The van der Waals surface area contributed by atoms with Gasteiger partial charge in [-0.3, -0.25) is 9.59 Å². The van der Waals surface area contributed by atoms with Gasteiger partial charge < -0.3 is 5.32 Å². The molecule has 0 aliphatic heterocycles. The number of anilines is 1. The molecule has 2 N–H and O–H groups in total. The molecule has 7 heteroatoms. The van der Waals surface area contributed by atoms with Gasteiger partial charge in [0.2, 0.25) is 0 Å². The van der Waals surface area contributed by atoms with E-state index in [4.69, 9.17) is 11.6 Å². The molecule has 0 saturated heterocycles. The number of hydrogen-bond donors (Lipinski definition) is 2. The summed E-state index contributed by atoms with van der Waals surface area (Å²) in [6.07, 6.45) is 0. The molecule has 2 amide bonds. The second-order valence-electron chi connectivity index (χ2n) is 6.16. The number of carbonyl (C=O) groups excluding carboxylic acids is 2. The lowest BCUT2D eigenvalue weighted by Gasteiger charge is -2.08. The number of hydrazone groups is 1. The van der Waals surface area contributed by atoms with Crippen molar-refractivity contribution >= 4 is 34.8 Å². The van der Waals surface area contributed by atoms with E-state index in [1.807, 2.05) is 0 Å². The Balaban J connectivity index is 1.70. The van der Waals surface area contributed by atoms with Crippen LogP contribution < -0.4 is 10.7 Å². The van der Waals surface area contributed by atoms with E-state index in [0.29, 0.717) is 27.5 Å². The summed E-state index contributed by atoms with van der Waals surface area (Å²) in [6, 6.07) is 19.2. The molecule has 0 radical (unpaired) electrons. The van der Waals surface area contributed by atoms with Gasteiger partial charge in [-0.2, -0.15) is 5.10 Å². The zero-order valence-electron chi connectivity index (χ0n) is 15.4. The van der Waals surface area contributed by atoms with E-state index < -0.39 is 11.7 Å². The van der Waals surface area contributed by atoms with Gasteiger partial charge in [0.15, 0.2) is 0 Å². The maximum absolute atomic E-state index is 13.7. The summed E-state index contributed by atoms with van der Waals surface area (Å²) in [5, 5.41) is 7.37. The Labute approximate surface area is 172 Å². The quantitative estimate of drug-likeness (QED) is 0.465. The molecular formula is C22H17ClFN3O2. The van der Waals surface area contributed by atoms with Gasteiger partial charge in [-0.05, 0) is 61.0 Å². The number of amides is 2. The number of nitrogens with one attached hydrogen (secondary N) is 2. The van der Waals surface area contributed by atoms with Crippen LogP contribution in [-0.2, 0) is 0 Å². The average Bonchev–Trinajstić information content (AvgIpc) is 2.72. The summed E-state index contributed by atoms with van der Waals surface area (Å²) < 4.78 is 13.7. The van der Waals surface area contributed by atoms with Crippen LogP contribution in [0.3, 0.4) is 0 Å². The third-order valence-corrected chi connectivity index (χ3v) is 4.34. The van der Waals surface area contributed by atoms with E-state index in [9.17, 15) is 14.0 Å². The standard InChI is InChI=1S/C22H17ClFN3O2/c1-14(26-27-22(29)19-7-2-3-8-20(19)24)16-5-4-6-18(13-16)25-21(28)15-9-11-17(23)12-10-15/h2-13H,1H3,(H,25,28)(H,27,29). The first-order valence-electron chi connectivity index (χ1n) is 8.70. The van der Waals surface area contributed by atoms with Crippen LogP contribution in [0.1, 0.15) is 33.2 Å². The van der Waals surface area contributed by atoms with E-state index in [1.54, 1.807) is 61.5 Å². The molecule has 0 spiro atoms. The van der Waals surface area contributed by atoms with Crippen molar-refractivity contribution in [1.29, 1.82) is 0 Å². The lowest BCUT2D eigenvalue weighted by atomic mass is 10.1. The third-order valence-electron chi connectivity index (χ3n) is 4.09. The van der Waals surface area contributed by atoms with Crippen LogP contribution in [0.4, 0.5) is 10.1 Å². The number of halogens is 2. The van der Waals surface area contributed by atoms with Gasteiger partial charge in [-0.15, -0.1) is 0 Å². The summed E-state index contributed by atoms with van der Waals surface area (Å²) in [7, 11) is 0. The molecule has 0 aromatic heterocycles. The fourth-order valence-corrected chi connectivity index (χ4v) is 2.66. The van der Waals surface area contributed by atoms with Crippen LogP contribution in [0.25, 0.3) is 0 Å². The highest BCUT2D eigenvalue weighted by Crippen LogP contribution is 2.15. The molecule has 0 bridgehead atoms. The summed E-state index contributed by atoms with van der Waals surface area (Å²) in [4.78, 5) is 24.4. The van der Waals surface area contributed by atoms with Crippen molar-refractivity contribution in [2.75, 3.05) is 5.32 Å². The maximum Gasteiger partial charge on any atom is 0.274 e. The number of rotatable bonds is 5. The minimum Gasteiger partial charge on any atom is -0.322 e. The lowest BCUT2D eigenvalue weighted by Crippen LogP contribution is -2.20. The molecule has 0 fully saturated rings. The minimum atomic E-state index is -0.644.